The highest BCUT2D eigenvalue weighted by Crippen LogP contribution is 2.26. The predicted molar refractivity (Wildman–Crippen MR) is 56.7 cm³/mol. The molecule has 0 bridgehead atoms. The molecule has 1 fully saturated rings. The van der Waals surface area contributed by atoms with Gasteiger partial charge in [-0.1, -0.05) is 20.8 Å². The summed E-state index contributed by atoms with van der Waals surface area (Å²) in [7, 11) is 0. The maximum absolute atomic E-state index is 5.80. The van der Waals surface area contributed by atoms with Crippen LogP contribution in [0.3, 0.4) is 0 Å². The van der Waals surface area contributed by atoms with E-state index in [9.17, 15) is 0 Å². The maximum Gasteiger partial charge on any atom is 0.0966 e. The molecule has 0 amide bonds. The van der Waals surface area contributed by atoms with Crippen molar-refractivity contribution in [3.05, 3.63) is 0 Å². The van der Waals surface area contributed by atoms with Crippen LogP contribution in [-0.4, -0.2) is 23.4 Å². The molecule has 0 aliphatic carbocycles. The van der Waals surface area contributed by atoms with Crippen LogP contribution in [0.2, 0.25) is 0 Å². The van der Waals surface area contributed by atoms with Gasteiger partial charge in [-0.05, 0) is 11.7 Å². The first-order valence-corrected chi connectivity index (χ1v) is 5.67. The fourth-order valence-electron chi connectivity index (χ4n) is 1.16. The average molecular weight is 186 g/mol. The zero-order valence-corrected chi connectivity index (χ0v) is 8.90. The van der Waals surface area contributed by atoms with Crippen molar-refractivity contribution in [3.63, 3.8) is 0 Å². The molecule has 2 nitrogen and oxygen atoms in total. The van der Waals surface area contributed by atoms with Crippen molar-refractivity contribution in [2.24, 2.45) is 22.6 Å². The molecule has 1 saturated heterocycles. The number of nitrogens with zero attached hydrogens (tertiary/aromatic N) is 1. The standard InChI is InChI=1S/C9H18N2S/c1-6(2)9(10)11-8-5-12-4-7(8)3/h6-8H,4-5H2,1-3H3,(H2,10,11). The molecule has 0 aromatic heterocycles. The lowest BCUT2D eigenvalue weighted by Gasteiger charge is -2.12. The highest BCUT2D eigenvalue weighted by Gasteiger charge is 2.23. The molecule has 12 heavy (non-hydrogen) atoms. The number of rotatable bonds is 2. The number of thioether (sulfide) groups is 1. The van der Waals surface area contributed by atoms with Crippen LogP contribution in [-0.2, 0) is 0 Å². The summed E-state index contributed by atoms with van der Waals surface area (Å²) in [5, 5.41) is 0. The fourth-order valence-corrected chi connectivity index (χ4v) is 2.53. The maximum atomic E-state index is 5.80. The Labute approximate surface area is 79.0 Å². The van der Waals surface area contributed by atoms with E-state index < -0.39 is 0 Å². The van der Waals surface area contributed by atoms with Crippen molar-refractivity contribution in [1.29, 1.82) is 0 Å². The minimum Gasteiger partial charge on any atom is -0.387 e. The average Bonchev–Trinajstić information content (AvgIpc) is 2.36. The minimum absolute atomic E-state index is 0.391. The van der Waals surface area contributed by atoms with Gasteiger partial charge in [-0.25, -0.2) is 0 Å². The van der Waals surface area contributed by atoms with Crippen molar-refractivity contribution in [1.82, 2.24) is 0 Å². The van der Waals surface area contributed by atoms with Gasteiger partial charge in [0.2, 0.25) is 0 Å². The third-order valence-electron chi connectivity index (χ3n) is 2.23. The Balaban J connectivity index is 2.53. The summed E-state index contributed by atoms with van der Waals surface area (Å²) in [6, 6.07) is 0.470. The van der Waals surface area contributed by atoms with Gasteiger partial charge in [0.25, 0.3) is 0 Å². The van der Waals surface area contributed by atoms with Crippen molar-refractivity contribution in [2.75, 3.05) is 11.5 Å². The largest absolute Gasteiger partial charge is 0.387 e. The molecule has 0 aromatic rings. The van der Waals surface area contributed by atoms with E-state index >= 15 is 0 Å². The van der Waals surface area contributed by atoms with E-state index in [4.69, 9.17) is 5.73 Å². The van der Waals surface area contributed by atoms with Gasteiger partial charge in [0.05, 0.1) is 11.9 Å². The first kappa shape index (κ1) is 9.90. The first-order chi connectivity index (χ1) is 5.61. The molecule has 2 unspecified atom stereocenters. The Bertz CT molecular complexity index is 177. The van der Waals surface area contributed by atoms with Gasteiger partial charge in [-0.3, -0.25) is 4.99 Å². The minimum atomic E-state index is 0.391. The highest BCUT2D eigenvalue weighted by atomic mass is 32.2. The van der Waals surface area contributed by atoms with Gasteiger partial charge in [-0.15, -0.1) is 0 Å². The summed E-state index contributed by atoms with van der Waals surface area (Å²) in [5.41, 5.74) is 5.80. The quantitative estimate of drug-likeness (QED) is 0.527. The van der Waals surface area contributed by atoms with Crippen LogP contribution in [0.5, 0.6) is 0 Å². The second kappa shape index (κ2) is 4.17. The summed E-state index contributed by atoms with van der Waals surface area (Å²) >= 11 is 1.98. The number of hydrogen-bond donors (Lipinski definition) is 1. The highest BCUT2D eigenvalue weighted by molar-refractivity contribution is 7.99. The molecular formula is C9H18N2S. The Hall–Kier alpha value is -0.180. The fraction of sp³-hybridized carbons (Fsp3) is 0.889. The van der Waals surface area contributed by atoms with Gasteiger partial charge in [0, 0.05) is 11.7 Å². The predicted octanol–water partition coefficient (Wildman–Crippen LogP) is 1.75. The summed E-state index contributed by atoms with van der Waals surface area (Å²) < 4.78 is 0. The SMILES string of the molecule is CC(C)C(N)=NC1CSCC1C. The second-order valence-electron chi connectivity index (χ2n) is 3.79. The molecule has 1 aliphatic heterocycles. The Morgan fingerprint density at radius 1 is 1.50 bits per heavy atom. The molecule has 0 spiro atoms. The van der Waals surface area contributed by atoms with Crippen LogP contribution in [0.25, 0.3) is 0 Å². The third-order valence-corrected chi connectivity index (χ3v) is 3.57. The Kier molecular flexibility index (Phi) is 3.44. The van der Waals surface area contributed by atoms with Crippen LogP contribution in [0.4, 0.5) is 0 Å². The molecule has 3 heteroatoms. The second-order valence-corrected chi connectivity index (χ2v) is 4.87. The molecular weight excluding hydrogens is 168 g/mol. The van der Waals surface area contributed by atoms with Gasteiger partial charge >= 0.3 is 0 Å². The lowest BCUT2D eigenvalue weighted by molar-refractivity contribution is 0.564. The number of hydrogen-bond acceptors (Lipinski definition) is 2. The molecule has 0 saturated carbocycles. The molecule has 2 N–H and O–H groups in total. The van der Waals surface area contributed by atoms with Crippen molar-refractivity contribution in [3.8, 4) is 0 Å². The van der Waals surface area contributed by atoms with E-state index in [1.54, 1.807) is 0 Å². The molecule has 0 aromatic carbocycles. The molecule has 1 rings (SSSR count). The van der Waals surface area contributed by atoms with E-state index in [0.717, 1.165) is 11.6 Å². The monoisotopic (exact) mass is 186 g/mol. The molecule has 2 atom stereocenters. The first-order valence-electron chi connectivity index (χ1n) is 4.52. The molecule has 70 valence electrons. The number of amidine groups is 1. The lowest BCUT2D eigenvalue weighted by Crippen LogP contribution is -2.24. The van der Waals surface area contributed by atoms with Crippen LogP contribution < -0.4 is 5.73 Å². The Morgan fingerprint density at radius 3 is 2.58 bits per heavy atom. The Morgan fingerprint density at radius 2 is 2.17 bits per heavy atom. The van der Waals surface area contributed by atoms with Gasteiger partial charge in [0.15, 0.2) is 0 Å². The zero-order valence-electron chi connectivity index (χ0n) is 8.08. The van der Waals surface area contributed by atoms with Gasteiger partial charge in [0.1, 0.15) is 0 Å². The van der Waals surface area contributed by atoms with Crippen LogP contribution >= 0.6 is 11.8 Å². The van der Waals surface area contributed by atoms with Crippen LogP contribution in [0.1, 0.15) is 20.8 Å². The summed E-state index contributed by atoms with van der Waals surface area (Å²) in [6.45, 7) is 6.43. The normalized spacial score (nSPS) is 31.5. The van der Waals surface area contributed by atoms with Crippen molar-refractivity contribution in [2.45, 2.75) is 26.8 Å². The number of nitrogens with two attached hydrogens (primary N) is 1. The summed E-state index contributed by atoms with van der Waals surface area (Å²) in [4.78, 5) is 4.53. The lowest BCUT2D eigenvalue weighted by atomic mass is 10.1. The summed E-state index contributed by atoms with van der Waals surface area (Å²) in [5.74, 6) is 4.29. The zero-order chi connectivity index (χ0) is 9.14. The van der Waals surface area contributed by atoms with E-state index in [2.05, 4.69) is 25.8 Å². The van der Waals surface area contributed by atoms with E-state index in [1.165, 1.54) is 5.75 Å². The van der Waals surface area contributed by atoms with E-state index in [0.29, 0.717) is 17.9 Å². The summed E-state index contributed by atoms with van der Waals surface area (Å²) in [6.07, 6.45) is 0. The molecule has 1 aliphatic rings. The van der Waals surface area contributed by atoms with Gasteiger partial charge in [-0.2, -0.15) is 11.8 Å². The van der Waals surface area contributed by atoms with E-state index in [1.807, 2.05) is 11.8 Å². The number of aliphatic imine (C=N–C) groups is 1. The van der Waals surface area contributed by atoms with Crippen molar-refractivity contribution < 1.29 is 0 Å². The third kappa shape index (κ3) is 2.41. The molecule has 0 radical (unpaired) electrons. The van der Waals surface area contributed by atoms with Crippen LogP contribution in [0, 0.1) is 11.8 Å². The smallest absolute Gasteiger partial charge is 0.0966 e. The molecule has 1 heterocycles. The van der Waals surface area contributed by atoms with Crippen LogP contribution in [0.15, 0.2) is 4.99 Å². The van der Waals surface area contributed by atoms with Gasteiger partial charge < -0.3 is 5.73 Å². The van der Waals surface area contributed by atoms with E-state index in [-0.39, 0.29) is 0 Å². The topological polar surface area (TPSA) is 38.4 Å². The van der Waals surface area contributed by atoms with Crippen molar-refractivity contribution >= 4 is 17.6 Å².